The second kappa shape index (κ2) is 31.2. The summed E-state index contributed by atoms with van der Waals surface area (Å²) in [6.07, 6.45) is 42.8. The van der Waals surface area contributed by atoms with Crippen LogP contribution in [-0.4, -0.2) is 11.2 Å². The molecule has 0 amide bonds. The van der Waals surface area contributed by atoms with Gasteiger partial charge in [-0.25, -0.2) is 0 Å². The Bertz CT molecular complexity index is 379. The second-order valence-corrected chi connectivity index (χ2v) is 12.3. The van der Waals surface area contributed by atoms with Crippen molar-refractivity contribution in [3.63, 3.8) is 0 Å². The molecule has 0 aromatic carbocycles. The lowest BCUT2D eigenvalue weighted by atomic mass is 9.95. The smallest absolute Gasteiger partial charge is 0.0563 e. The summed E-state index contributed by atoms with van der Waals surface area (Å²) in [5, 5.41) is 9.83. The van der Waals surface area contributed by atoms with Gasteiger partial charge in [-0.05, 0) is 18.8 Å². The molecule has 0 aromatic heterocycles. The van der Waals surface area contributed by atoms with E-state index in [-0.39, 0.29) is 6.10 Å². The Morgan fingerprint density at radius 1 is 0.361 bits per heavy atom. The van der Waals surface area contributed by atoms with E-state index < -0.39 is 0 Å². The van der Waals surface area contributed by atoms with Gasteiger partial charge in [0.15, 0.2) is 0 Å². The Hall–Kier alpha value is -0.0400. The lowest BCUT2D eigenvalue weighted by Crippen LogP contribution is -2.15. The second-order valence-electron chi connectivity index (χ2n) is 12.3. The number of unbranched alkanes of at least 4 members (excludes halogenated alkanes) is 27. The fourth-order valence-corrected chi connectivity index (χ4v) is 5.73. The maximum absolute atomic E-state index is 9.83. The zero-order chi connectivity index (χ0) is 26.4. The first-order valence-electron chi connectivity index (χ1n) is 17.4. The molecule has 0 spiro atoms. The summed E-state index contributed by atoms with van der Waals surface area (Å²) in [6, 6.07) is 0. The van der Waals surface area contributed by atoms with E-state index in [2.05, 4.69) is 20.8 Å². The number of aliphatic hydroxyl groups excluding tert-OH is 1. The minimum absolute atomic E-state index is 0.0843. The molecule has 0 bridgehead atoms. The van der Waals surface area contributed by atoms with Crippen molar-refractivity contribution in [1.29, 1.82) is 0 Å². The summed E-state index contributed by atoms with van der Waals surface area (Å²) in [6.45, 7) is 6.59. The van der Waals surface area contributed by atoms with E-state index in [4.69, 9.17) is 0 Å². The molecule has 0 aliphatic heterocycles. The third-order valence-electron chi connectivity index (χ3n) is 8.59. The lowest BCUT2D eigenvalue weighted by Gasteiger charge is -2.16. The van der Waals surface area contributed by atoms with Crippen molar-refractivity contribution in [1.82, 2.24) is 0 Å². The van der Waals surface area contributed by atoms with E-state index in [1.165, 1.54) is 186 Å². The molecular formula is C35H72O. The highest BCUT2D eigenvalue weighted by Gasteiger charge is 2.10. The Morgan fingerprint density at radius 2 is 0.583 bits per heavy atom. The maximum atomic E-state index is 9.83. The molecule has 1 nitrogen and oxygen atoms in total. The molecule has 2 atom stereocenters. The van der Waals surface area contributed by atoms with Crippen molar-refractivity contribution in [3.05, 3.63) is 0 Å². The van der Waals surface area contributed by atoms with E-state index in [9.17, 15) is 5.11 Å². The first kappa shape index (κ1) is 36.0. The highest BCUT2D eigenvalue weighted by atomic mass is 16.3. The van der Waals surface area contributed by atoms with Crippen LogP contribution in [0.3, 0.4) is 0 Å². The van der Waals surface area contributed by atoms with Crippen molar-refractivity contribution in [2.45, 2.75) is 219 Å². The van der Waals surface area contributed by atoms with Crippen LogP contribution in [0.2, 0.25) is 0 Å². The Morgan fingerprint density at radius 3 is 0.806 bits per heavy atom. The predicted molar refractivity (Wildman–Crippen MR) is 165 cm³/mol. The van der Waals surface area contributed by atoms with Gasteiger partial charge < -0.3 is 5.11 Å². The van der Waals surface area contributed by atoms with Crippen molar-refractivity contribution in [3.8, 4) is 0 Å². The first-order chi connectivity index (χ1) is 17.7. The number of hydrogen-bond donors (Lipinski definition) is 1. The molecule has 0 saturated carbocycles. The van der Waals surface area contributed by atoms with Gasteiger partial charge >= 0.3 is 0 Å². The van der Waals surface area contributed by atoms with Gasteiger partial charge in [-0.2, -0.15) is 0 Å². The molecule has 0 fully saturated rings. The fourth-order valence-electron chi connectivity index (χ4n) is 5.73. The molecule has 0 radical (unpaired) electrons. The average molecular weight is 509 g/mol. The summed E-state index contributed by atoms with van der Waals surface area (Å²) < 4.78 is 0. The molecule has 2 unspecified atom stereocenters. The predicted octanol–water partition coefficient (Wildman–Crippen LogP) is 12.7. The quantitative estimate of drug-likeness (QED) is 0.0923. The normalized spacial score (nSPS) is 13.3. The zero-order valence-electron chi connectivity index (χ0n) is 25.8. The molecule has 0 aliphatic rings. The number of aliphatic hydroxyl groups is 1. The van der Waals surface area contributed by atoms with Gasteiger partial charge in [0, 0.05) is 0 Å². The summed E-state index contributed by atoms with van der Waals surface area (Å²) in [5.74, 6) is 0.485. The van der Waals surface area contributed by atoms with Crippen LogP contribution in [0, 0.1) is 5.92 Å². The molecule has 1 heteroatoms. The maximum Gasteiger partial charge on any atom is 0.0563 e. The molecule has 0 saturated heterocycles. The standard InChI is InChI=1S/C35H72O/c1-4-6-7-8-9-10-11-12-13-14-15-16-17-18-19-20-21-22-23-24-25-26-27-28-29-30-31-32-33-34(3)35(36)5-2/h34-36H,4-33H2,1-3H3. The Balaban J connectivity index is 3.07. The third-order valence-corrected chi connectivity index (χ3v) is 8.59. The van der Waals surface area contributed by atoms with Crippen LogP contribution in [0.4, 0.5) is 0 Å². The van der Waals surface area contributed by atoms with E-state index in [1.807, 2.05) is 0 Å². The Kier molecular flexibility index (Phi) is 31.1. The third kappa shape index (κ3) is 28.5. The number of hydrogen-bond acceptors (Lipinski definition) is 1. The van der Waals surface area contributed by atoms with Crippen molar-refractivity contribution in [2.24, 2.45) is 5.92 Å². The lowest BCUT2D eigenvalue weighted by molar-refractivity contribution is 0.106. The molecule has 1 N–H and O–H groups in total. The average Bonchev–Trinajstić information content (AvgIpc) is 2.89. The summed E-state index contributed by atoms with van der Waals surface area (Å²) in [5.41, 5.74) is 0. The largest absolute Gasteiger partial charge is 0.393 e. The molecule has 0 aromatic rings. The monoisotopic (exact) mass is 509 g/mol. The molecule has 36 heavy (non-hydrogen) atoms. The molecule has 0 aliphatic carbocycles. The molecule has 0 rings (SSSR count). The van der Waals surface area contributed by atoms with E-state index in [1.54, 1.807) is 0 Å². The van der Waals surface area contributed by atoms with Gasteiger partial charge in [0.25, 0.3) is 0 Å². The van der Waals surface area contributed by atoms with Crippen LogP contribution < -0.4 is 0 Å². The highest BCUT2D eigenvalue weighted by Crippen LogP contribution is 2.18. The van der Waals surface area contributed by atoms with Gasteiger partial charge in [-0.1, -0.05) is 201 Å². The van der Waals surface area contributed by atoms with E-state index in [0.29, 0.717) is 5.92 Å². The summed E-state index contributed by atoms with van der Waals surface area (Å²) in [7, 11) is 0. The van der Waals surface area contributed by atoms with Gasteiger partial charge in [0.1, 0.15) is 0 Å². The van der Waals surface area contributed by atoms with Gasteiger partial charge in [-0.15, -0.1) is 0 Å². The topological polar surface area (TPSA) is 20.2 Å². The molecule has 218 valence electrons. The summed E-state index contributed by atoms with van der Waals surface area (Å²) in [4.78, 5) is 0. The van der Waals surface area contributed by atoms with Crippen LogP contribution >= 0.6 is 0 Å². The first-order valence-corrected chi connectivity index (χ1v) is 17.4. The van der Waals surface area contributed by atoms with Crippen LogP contribution in [-0.2, 0) is 0 Å². The van der Waals surface area contributed by atoms with Crippen LogP contribution in [0.1, 0.15) is 213 Å². The van der Waals surface area contributed by atoms with Gasteiger partial charge in [0.2, 0.25) is 0 Å². The van der Waals surface area contributed by atoms with E-state index in [0.717, 1.165) is 6.42 Å². The van der Waals surface area contributed by atoms with Gasteiger partial charge in [-0.3, -0.25) is 0 Å². The SMILES string of the molecule is CCCCCCCCCCCCCCCCCCCCCCCCCCCCCCC(C)C(O)CC. The molecule has 0 heterocycles. The van der Waals surface area contributed by atoms with Crippen LogP contribution in [0.15, 0.2) is 0 Å². The van der Waals surface area contributed by atoms with Crippen molar-refractivity contribution >= 4 is 0 Å². The van der Waals surface area contributed by atoms with Crippen LogP contribution in [0.25, 0.3) is 0 Å². The van der Waals surface area contributed by atoms with E-state index >= 15 is 0 Å². The van der Waals surface area contributed by atoms with Crippen LogP contribution in [0.5, 0.6) is 0 Å². The van der Waals surface area contributed by atoms with Crippen molar-refractivity contribution in [2.75, 3.05) is 0 Å². The minimum Gasteiger partial charge on any atom is -0.393 e. The van der Waals surface area contributed by atoms with Gasteiger partial charge in [0.05, 0.1) is 6.10 Å². The molecular weight excluding hydrogens is 436 g/mol. The highest BCUT2D eigenvalue weighted by molar-refractivity contribution is 4.62. The minimum atomic E-state index is -0.0843. The number of rotatable bonds is 31. The van der Waals surface area contributed by atoms with Crippen molar-refractivity contribution < 1.29 is 5.11 Å². The Labute approximate surface area is 230 Å². The fraction of sp³-hybridized carbons (Fsp3) is 1.00. The zero-order valence-corrected chi connectivity index (χ0v) is 25.8. The summed E-state index contributed by atoms with van der Waals surface area (Å²) >= 11 is 0.